The quantitative estimate of drug-likeness (QED) is 0.840. The molecule has 1 aromatic carbocycles. The number of hydrogen-bond donors (Lipinski definition) is 2. The van der Waals surface area contributed by atoms with Gasteiger partial charge in [-0.2, -0.15) is 0 Å². The van der Waals surface area contributed by atoms with Gasteiger partial charge in [0.25, 0.3) is 0 Å². The summed E-state index contributed by atoms with van der Waals surface area (Å²) in [5.74, 6) is -0.323. The maximum atomic E-state index is 12.3. The molecule has 0 aromatic heterocycles. The Morgan fingerprint density at radius 2 is 1.05 bits per heavy atom. The van der Waals surface area contributed by atoms with Crippen LogP contribution in [0.3, 0.4) is 0 Å². The molecule has 110 valence electrons. The van der Waals surface area contributed by atoms with Crippen LogP contribution >= 0.6 is 0 Å². The van der Waals surface area contributed by atoms with Crippen molar-refractivity contribution in [1.82, 2.24) is 9.96 Å². The Labute approximate surface area is 123 Å². The molecule has 0 radical (unpaired) electrons. The molecule has 0 bridgehead atoms. The van der Waals surface area contributed by atoms with Crippen LogP contribution in [0, 0.1) is 0 Å². The van der Waals surface area contributed by atoms with E-state index in [0.29, 0.717) is 11.1 Å². The molecule has 0 saturated heterocycles. The average molecular weight is 309 g/mol. The molecule has 0 aliphatic heterocycles. The highest BCUT2D eigenvalue weighted by Gasteiger charge is 2.24. The molecule has 1 rings (SSSR count). The van der Waals surface area contributed by atoms with Gasteiger partial charge < -0.3 is 9.96 Å². The molecular weight excluding hydrogens is 284 g/mol. The molecule has 0 unspecified atom stereocenters. The van der Waals surface area contributed by atoms with Crippen molar-refractivity contribution < 1.29 is 9.59 Å². The van der Waals surface area contributed by atoms with Crippen LogP contribution in [0.15, 0.2) is 24.3 Å². The Kier molecular flexibility index (Phi) is 4.93. The van der Waals surface area contributed by atoms with Crippen LogP contribution in [0.25, 0.3) is 0 Å². The molecule has 0 saturated carbocycles. The van der Waals surface area contributed by atoms with Crippen molar-refractivity contribution in [3.63, 3.8) is 0 Å². The summed E-state index contributed by atoms with van der Waals surface area (Å²) in [4.78, 5) is 30.7. The van der Waals surface area contributed by atoms with Crippen LogP contribution in [-0.2, 0) is 0 Å². The van der Waals surface area contributed by atoms with Gasteiger partial charge in [-0.1, -0.05) is 51.4 Å². The molecular formula is C14H24N2O2Si2. The molecule has 0 spiro atoms. The molecule has 0 aliphatic rings. The number of nitrogens with one attached hydrogen (secondary N) is 2. The van der Waals surface area contributed by atoms with Gasteiger partial charge in [-0.25, -0.2) is 0 Å². The van der Waals surface area contributed by atoms with Crippen LogP contribution in [0.5, 0.6) is 0 Å². The van der Waals surface area contributed by atoms with Crippen molar-refractivity contribution in [3.05, 3.63) is 35.4 Å². The van der Waals surface area contributed by atoms with E-state index in [9.17, 15) is 9.59 Å². The predicted molar refractivity (Wildman–Crippen MR) is 88.1 cm³/mol. The fourth-order valence-electron chi connectivity index (χ4n) is 1.69. The average Bonchev–Trinajstić information content (AvgIpc) is 2.24. The number of rotatable bonds is 4. The van der Waals surface area contributed by atoms with Gasteiger partial charge in [0, 0.05) is 0 Å². The van der Waals surface area contributed by atoms with E-state index in [1.165, 1.54) is 0 Å². The van der Waals surface area contributed by atoms with Crippen molar-refractivity contribution in [2.75, 3.05) is 0 Å². The molecule has 6 heteroatoms. The van der Waals surface area contributed by atoms with Gasteiger partial charge in [-0.3, -0.25) is 9.59 Å². The first-order valence-corrected chi connectivity index (χ1v) is 13.7. The molecule has 2 N–H and O–H groups in total. The van der Waals surface area contributed by atoms with Gasteiger partial charge in [-0.05, 0) is 12.1 Å². The molecule has 4 nitrogen and oxygen atoms in total. The van der Waals surface area contributed by atoms with Crippen molar-refractivity contribution in [3.8, 4) is 0 Å². The maximum absolute atomic E-state index is 12.3. The number of hydrogen-bond acceptors (Lipinski definition) is 2. The lowest BCUT2D eigenvalue weighted by molar-refractivity contribution is 0.0944. The second kappa shape index (κ2) is 5.93. The first kappa shape index (κ1) is 16.6. The first-order valence-electron chi connectivity index (χ1n) is 6.74. The predicted octanol–water partition coefficient (Wildman–Crippen LogP) is 2.82. The van der Waals surface area contributed by atoms with Crippen molar-refractivity contribution in [2.24, 2.45) is 0 Å². The summed E-state index contributed by atoms with van der Waals surface area (Å²) in [7, 11) is -3.46. The molecule has 0 atom stereocenters. The van der Waals surface area contributed by atoms with E-state index in [1.54, 1.807) is 24.3 Å². The molecule has 20 heavy (non-hydrogen) atoms. The third-order valence-electron chi connectivity index (χ3n) is 2.39. The Hall–Kier alpha value is -1.41. The lowest BCUT2D eigenvalue weighted by atomic mass is 10.1. The summed E-state index contributed by atoms with van der Waals surface area (Å²) in [6.07, 6.45) is 0. The minimum atomic E-state index is -1.73. The van der Waals surface area contributed by atoms with E-state index in [-0.39, 0.29) is 11.8 Å². The van der Waals surface area contributed by atoms with Crippen LogP contribution in [0.2, 0.25) is 39.3 Å². The summed E-state index contributed by atoms with van der Waals surface area (Å²) >= 11 is 0. The maximum Gasteiger partial charge on any atom is 0.244 e. The van der Waals surface area contributed by atoms with E-state index in [1.807, 2.05) is 0 Å². The van der Waals surface area contributed by atoms with Gasteiger partial charge >= 0.3 is 0 Å². The van der Waals surface area contributed by atoms with Crippen LogP contribution in [0.1, 0.15) is 20.7 Å². The van der Waals surface area contributed by atoms with Crippen LogP contribution < -0.4 is 9.96 Å². The van der Waals surface area contributed by atoms with Gasteiger partial charge in [0.1, 0.15) is 16.5 Å². The fourth-order valence-corrected chi connectivity index (χ4v) is 3.33. The summed E-state index contributed by atoms with van der Waals surface area (Å²) in [5.41, 5.74) is 0.899. The van der Waals surface area contributed by atoms with E-state index < -0.39 is 16.5 Å². The summed E-state index contributed by atoms with van der Waals surface area (Å²) in [6, 6.07) is 6.97. The molecule has 0 aliphatic carbocycles. The topological polar surface area (TPSA) is 58.2 Å². The lowest BCUT2D eigenvalue weighted by Gasteiger charge is -2.21. The number of carbonyl (C=O) groups is 2. The summed E-state index contributed by atoms with van der Waals surface area (Å²) < 4.78 is 0. The summed E-state index contributed by atoms with van der Waals surface area (Å²) in [6.45, 7) is 12.3. The van der Waals surface area contributed by atoms with E-state index >= 15 is 0 Å². The zero-order valence-electron chi connectivity index (χ0n) is 13.1. The second-order valence-corrected chi connectivity index (χ2v) is 16.5. The van der Waals surface area contributed by atoms with Crippen LogP contribution in [-0.4, -0.2) is 28.3 Å². The zero-order chi connectivity index (χ0) is 15.6. The molecule has 2 amide bonds. The zero-order valence-corrected chi connectivity index (χ0v) is 15.1. The highest BCUT2D eigenvalue weighted by Crippen LogP contribution is 2.11. The van der Waals surface area contributed by atoms with Gasteiger partial charge in [0.05, 0.1) is 11.1 Å². The highest BCUT2D eigenvalue weighted by atomic mass is 28.3. The van der Waals surface area contributed by atoms with Crippen molar-refractivity contribution >= 4 is 28.3 Å². The minimum Gasteiger partial charge on any atom is -0.378 e. The Balaban J connectivity index is 3.05. The van der Waals surface area contributed by atoms with Crippen molar-refractivity contribution in [1.29, 1.82) is 0 Å². The highest BCUT2D eigenvalue weighted by molar-refractivity contribution is 6.76. The minimum absolute atomic E-state index is 0.162. The van der Waals surface area contributed by atoms with Gasteiger partial charge in [0.15, 0.2) is 0 Å². The SMILES string of the molecule is C[Si](C)(C)NC(=O)c1ccccc1C(=O)N[Si](C)(C)C. The summed E-state index contributed by atoms with van der Waals surface area (Å²) in [5, 5.41) is 0. The Morgan fingerprint density at radius 1 is 0.750 bits per heavy atom. The normalized spacial score (nSPS) is 11.9. The number of amides is 2. The van der Waals surface area contributed by atoms with E-state index in [4.69, 9.17) is 0 Å². The van der Waals surface area contributed by atoms with Gasteiger partial charge in [0.2, 0.25) is 11.8 Å². The Bertz CT molecular complexity index is 470. The fraction of sp³-hybridized carbons (Fsp3) is 0.429. The number of carbonyl (C=O) groups excluding carboxylic acids is 2. The number of benzene rings is 1. The van der Waals surface area contributed by atoms with Crippen LogP contribution in [0.4, 0.5) is 0 Å². The van der Waals surface area contributed by atoms with Gasteiger partial charge in [-0.15, -0.1) is 0 Å². The molecule has 0 heterocycles. The third kappa shape index (κ3) is 5.30. The van der Waals surface area contributed by atoms with E-state index in [0.717, 1.165) is 0 Å². The Morgan fingerprint density at radius 3 is 1.30 bits per heavy atom. The largest absolute Gasteiger partial charge is 0.378 e. The smallest absolute Gasteiger partial charge is 0.244 e. The second-order valence-electron chi connectivity index (χ2n) is 6.95. The monoisotopic (exact) mass is 308 g/mol. The molecule has 0 fully saturated rings. The van der Waals surface area contributed by atoms with E-state index in [2.05, 4.69) is 49.2 Å². The lowest BCUT2D eigenvalue weighted by Crippen LogP contribution is -2.48. The van der Waals surface area contributed by atoms with Crippen molar-refractivity contribution in [2.45, 2.75) is 39.3 Å². The standard InChI is InChI=1S/C14H24N2O2Si2/c1-19(2,3)15-13(17)11-9-7-8-10-12(11)14(18)16-20(4,5)6/h7-10H,1-6H3,(H,15,17)(H,16,18). The first-order chi connectivity index (χ1) is 8.99. The molecule has 1 aromatic rings. The third-order valence-corrected chi connectivity index (χ3v) is 4.35.